The molecule has 1 aliphatic rings. The summed E-state index contributed by atoms with van der Waals surface area (Å²) in [7, 11) is 0. The van der Waals surface area contributed by atoms with E-state index < -0.39 is 0 Å². The first-order chi connectivity index (χ1) is 9.35. The first kappa shape index (κ1) is 12.2. The standard InChI is InChI=1S/C13H13N5S/c14-7-9-1-4-11(16-8-9)13-18-17-12(19-13)5-6-15-10-2-3-10/h1,4,8,10,15H,2-3,5-6H2. The number of aromatic nitrogens is 3. The average molecular weight is 271 g/mol. The van der Waals surface area contributed by atoms with Crippen LogP contribution in [0.25, 0.3) is 10.7 Å². The first-order valence-corrected chi connectivity index (χ1v) is 7.09. The van der Waals surface area contributed by atoms with Gasteiger partial charge in [0.05, 0.1) is 5.56 Å². The van der Waals surface area contributed by atoms with E-state index in [-0.39, 0.29) is 0 Å². The van der Waals surface area contributed by atoms with Crippen LogP contribution in [0.3, 0.4) is 0 Å². The van der Waals surface area contributed by atoms with Crippen LogP contribution < -0.4 is 5.32 Å². The maximum absolute atomic E-state index is 8.73. The molecule has 2 heterocycles. The van der Waals surface area contributed by atoms with Crippen LogP contribution in [0.4, 0.5) is 0 Å². The van der Waals surface area contributed by atoms with Crippen molar-refractivity contribution in [3.05, 3.63) is 28.9 Å². The largest absolute Gasteiger partial charge is 0.314 e. The zero-order valence-corrected chi connectivity index (χ0v) is 11.2. The van der Waals surface area contributed by atoms with Crippen LogP contribution in [0.15, 0.2) is 18.3 Å². The fourth-order valence-corrected chi connectivity index (χ4v) is 2.53. The molecule has 0 aliphatic heterocycles. The molecule has 0 atom stereocenters. The Kier molecular flexibility index (Phi) is 3.49. The van der Waals surface area contributed by atoms with Crippen LogP contribution in [-0.4, -0.2) is 27.8 Å². The van der Waals surface area contributed by atoms with Gasteiger partial charge in [0.1, 0.15) is 16.8 Å². The van der Waals surface area contributed by atoms with Gasteiger partial charge in [-0.1, -0.05) is 11.3 Å². The molecule has 0 saturated heterocycles. The van der Waals surface area contributed by atoms with Crippen LogP contribution in [0.1, 0.15) is 23.4 Å². The molecule has 1 saturated carbocycles. The molecule has 2 aromatic heterocycles. The molecular formula is C13H13N5S. The third-order valence-corrected chi connectivity index (χ3v) is 3.93. The number of hydrogen-bond donors (Lipinski definition) is 1. The molecule has 0 bridgehead atoms. The molecule has 96 valence electrons. The summed E-state index contributed by atoms with van der Waals surface area (Å²) in [6, 6.07) is 6.34. The Morgan fingerprint density at radius 3 is 2.95 bits per heavy atom. The molecule has 3 rings (SSSR count). The van der Waals surface area contributed by atoms with Crippen molar-refractivity contribution >= 4 is 11.3 Å². The van der Waals surface area contributed by atoms with Crippen molar-refractivity contribution in [2.24, 2.45) is 0 Å². The molecule has 19 heavy (non-hydrogen) atoms. The maximum Gasteiger partial charge on any atom is 0.166 e. The maximum atomic E-state index is 8.73. The molecule has 0 amide bonds. The lowest BCUT2D eigenvalue weighted by Crippen LogP contribution is -2.19. The average Bonchev–Trinajstić information content (AvgIpc) is 3.15. The number of nitrogens with zero attached hydrogens (tertiary/aromatic N) is 4. The van der Waals surface area contributed by atoms with Crippen molar-refractivity contribution in [3.63, 3.8) is 0 Å². The van der Waals surface area contributed by atoms with Gasteiger partial charge in [0.2, 0.25) is 0 Å². The zero-order chi connectivity index (χ0) is 13.1. The molecule has 1 fully saturated rings. The molecular weight excluding hydrogens is 258 g/mol. The molecule has 1 N–H and O–H groups in total. The minimum absolute atomic E-state index is 0.558. The van der Waals surface area contributed by atoms with Crippen LogP contribution in [0.2, 0.25) is 0 Å². The normalized spacial score (nSPS) is 14.3. The highest BCUT2D eigenvalue weighted by atomic mass is 32.1. The van der Waals surface area contributed by atoms with Gasteiger partial charge < -0.3 is 5.32 Å². The van der Waals surface area contributed by atoms with Crippen molar-refractivity contribution in [1.82, 2.24) is 20.5 Å². The minimum atomic E-state index is 0.558. The van der Waals surface area contributed by atoms with Gasteiger partial charge in [-0.05, 0) is 25.0 Å². The summed E-state index contributed by atoms with van der Waals surface area (Å²) in [4.78, 5) is 4.22. The highest BCUT2D eigenvalue weighted by molar-refractivity contribution is 7.14. The van der Waals surface area contributed by atoms with Gasteiger partial charge in [-0.3, -0.25) is 4.98 Å². The van der Waals surface area contributed by atoms with E-state index in [1.54, 1.807) is 23.6 Å². The quantitative estimate of drug-likeness (QED) is 0.897. The predicted octanol–water partition coefficient (Wildman–Crippen LogP) is 1.77. The van der Waals surface area contributed by atoms with E-state index in [0.717, 1.165) is 34.7 Å². The summed E-state index contributed by atoms with van der Waals surface area (Å²) < 4.78 is 0. The number of rotatable bonds is 5. The monoisotopic (exact) mass is 271 g/mol. The second-order valence-corrected chi connectivity index (χ2v) is 5.59. The van der Waals surface area contributed by atoms with Crippen LogP contribution >= 0.6 is 11.3 Å². The summed E-state index contributed by atoms with van der Waals surface area (Å²) in [6.07, 6.45) is 5.07. The number of pyridine rings is 1. The van der Waals surface area contributed by atoms with Crippen LogP contribution in [0, 0.1) is 11.3 Å². The lowest BCUT2D eigenvalue weighted by molar-refractivity contribution is 0.677. The summed E-state index contributed by atoms with van der Waals surface area (Å²) >= 11 is 1.56. The van der Waals surface area contributed by atoms with Gasteiger partial charge in [-0.2, -0.15) is 5.26 Å². The van der Waals surface area contributed by atoms with Crippen molar-refractivity contribution in [3.8, 4) is 16.8 Å². The lowest BCUT2D eigenvalue weighted by atomic mass is 10.3. The minimum Gasteiger partial charge on any atom is -0.314 e. The second-order valence-electron chi connectivity index (χ2n) is 4.52. The molecule has 1 aliphatic carbocycles. The summed E-state index contributed by atoms with van der Waals surface area (Å²) in [5.74, 6) is 0. The molecule has 5 nitrogen and oxygen atoms in total. The lowest BCUT2D eigenvalue weighted by Gasteiger charge is -1.97. The van der Waals surface area contributed by atoms with E-state index in [0.29, 0.717) is 5.56 Å². The second kappa shape index (κ2) is 5.43. The highest BCUT2D eigenvalue weighted by Gasteiger charge is 2.19. The van der Waals surface area contributed by atoms with Gasteiger partial charge in [-0.15, -0.1) is 10.2 Å². The van der Waals surface area contributed by atoms with Gasteiger partial charge in [0.25, 0.3) is 0 Å². The van der Waals surface area contributed by atoms with Gasteiger partial charge in [0, 0.05) is 25.2 Å². The Bertz CT molecular complexity index is 594. The SMILES string of the molecule is N#Cc1ccc(-c2nnc(CCNC3CC3)s2)nc1. The number of nitriles is 1. The Morgan fingerprint density at radius 2 is 2.26 bits per heavy atom. The van der Waals surface area contributed by atoms with E-state index in [2.05, 4.69) is 26.6 Å². The molecule has 0 aromatic carbocycles. The van der Waals surface area contributed by atoms with E-state index >= 15 is 0 Å². The highest BCUT2D eigenvalue weighted by Crippen LogP contribution is 2.22. The Balaban J connectivity index is 1.63. The van der Waals surface area contributed by atoms with Gasteiger partial charge in [0.15, 0.2) is 5.01 Å². The topological polar surface area (TPSA) is 74.5 Å². The van der Waals surface area contributed by atoms with Gasteiger partial charge in [-0.25, -0.2) is 0 Å². The van der Waals surface area contributed by atoms with Gasteiger partial charge >= 0.3 is 0 Å². The smallest absolute Gasteiger partial charge is 0.166 e. The van der Waals surface area contributed by atoms with Crippen LogP contribution in [-0.2, 0) is 6.42 Å². The van der Waals surface area contributed by atoms with Crippen LogP contribution in [0.5, 0.6) is 0 Å². The van der Waals surface area contributed by atoms with Crippen molar-refractivity contribution < 1.29 is 0 Å². The molecule has 0 unspecified atom stereocenters. The van der Waals surface area contributed by atoms with Crippen molar-refractivity contribution in [2.45, 2.75) is 25.3 Å². The molecule has 0 radical (unpaired) electrons. The van der Waals surface area contributed by atoms with E-state index in [4.69, 9.17) is 5.26 Å². The summed E-state index contributed by atoms with van der Waals surface area (Å²) in [5, 5.41) is 22.3. The fourth-order valence-electron chi connectivity index (χ4n) is 1.72. The third kappa shape index (κ3) is 3.13. The fraction of sp³-hybridized carbons (Fsp3) is 0.385. The zero-order valence-electron chi connectivity index (χ0n) is 10.3. The Labute approximate surface area is 115 Å². The first-order valence-electron chi connectivity index (χ1n) is 6.27. The predicted molar refractivity (Wildman–Crippen MR) is 72.6 cm³/mol. The summed E-state index contributed by atoms with van der Waals surface area (Å²) in [5.41, 5.74) is 1.33. The van der Waals surface area contributed by atoms with Crippen molar-refractivity contribution in [2.75, 3.05) is 6.54 Å². The number of nitrogens with one attached hydrogen (secondary N) is 1. The summed E-state index contributed by atoms with van der Waals surface area (Å²) in [6.45, 7) is 0.958. The third-order valence-electron chi connectivity index (χ3n) is 2.93. The molecule has 2 aromatic rings. The van der Waals surface area contributed by atoms with E-state index in [1.165, 1.54) is 12.8 Å². The molecule has 6 heteroatoms. The van der Waals surface area contributed by atoms with Crippen molar-refractivity contribution in [1.29, 1.82) is 5.26 Å². The number of hydrogen-bond acceptors (Lipinski definition) is 6. The Morgan fingerprint density at radius 1 is 1.37 bits per heavy atom. The van der Waals surface area contributed by atoms with E-state index in [9.17, 15) is 0 Å². The van der Waals surface area contributed by atoms with E-state index in [1.807, 2.05) is 6.07 Å². The Hall–Kier alpha value is -1.84. The molecule has 0 spiro atoms.